The van der Waals surface area contributed by atoms with Crippen molar-refractivity contribution in [3.8, 4) is 17.6 Å². The Balaban J connectivity index is 1.63. The number of hydrogen-bond donors (Lipinski definition) is 2. The largest absolute Gasteiger partial charge is 0.493 e. The number of hydrazone groups is 1. The molecule has 0 unspecified atom stereocenters. The van der Waals surface area contributed by atoms with E-state index in [-0.39, 0.29) is 23.3 Å². The standard InChI is InChI=1S/C24H18FN3O5/c1-32-22-11-17(13-27-28-23(29)19-8-4-16(12-26)10-20(19)25)5-9-21(22)33-14-15-2-6-18(7-3-15)24(30)31/h2-11,13H,14H2,1H3,(H,28,29)(H,30,31)/b27-13-. The molecule has 0 aliphatic rings. The lowest BCUT2D eigenvalue weighted by Crippen LogP contribution is -2.19. The lowest BCUT2D eigenvalue weighted by molar-refractivity contribution is 0.0696. The lowest BCUT2D eigenvalue weighted by Gasteiger charge is -2.11. The third-order valence-electron chi connectivity index (χ3n) is 4.51. The molecule has 0 aromatic heterocycles. The molecule has 33 heavy (non-hydrogen) atoms. The van der Waals surface area contributed by atoms with Crippen LogP contribution in [-0.2, 0) is 6.61 Å². The molecule has 0 spiro atoms. The number of halogens is 1. The van der Waals surface area contributed by atoms with E-state index in [4.69, 9.17) is 19.8 Å². The number of benzene rings is 3. The molecule has 8 nitrogen and oxygen atoms in total. The molecule has 3 aromatic rings. The number of aromatic carboxylic acids is 1. The van der Waals surface area contributed by atoms with Crippen LogP contribution in [-0.4, -0.2) is 30.3 Å². The van der Waals surface area contributed by atoms with Gasteiger partial charge in [-0.1, -0.05) is 12.1 Å². The summed E-state index contributed by atoms with van der Waals surface area (Å²) < 4.78 is 25.0. The van der Waals surface area contributed by atoms with E-state index in [1.165, 1.54) is 37.6 Å². The summed E-state index contributed by atoms with van der Waals surface area (Å²) >= 11 is 0. The monoisotopic (exact) mass is 447 g/mol. The molecule has 0 aliphatic carbocycles. The van der Waals surface area contributed by atoms with Crippen LogP contribution in [0.15, 0.2) is 65.8 Å². The van der Waals surface area contributed by atoms with Gasteiger partial charge in [-0.3, -0.25) is 4.79 Å². The second-order valence-electron chi connectivity index (χ2n) is 6.71. The Morgan fingerprint density at radius 3 is 2.52 bits per heavy atom. The number of carbonyl (C=O) groups is 2. The van der Waals surface area contributed by atoms with Gasteiger partial charge in [-0.2, -0.15) is 10.4 Å². The predicted octanol–water partition coefficient (Wildman–Crippen LogP) is 3.75. The van der Waals surface area contributed by atoms with Crippen LogP contribution in [0.2, 0.25) is 0 Å². The molecule has 0 aliphatic heterocycles. The minimum Gasteiger partial charge on any atom is -0.493 e. The van der Waals surface area contributed by atoms with Crippen molar-refractivity contribution in [3.05, 3.63) is 94.3 Å². The number of nitrogens with zero attached hydrogens (tertiary/aromatic N) is 2. The first-order chi connectivity index (χ1) is 15.9. The highest BCUT2D eigenvalue weighted by Crippen LogP contribution is 2.28. The van der Waals surface area contributed by atoms with Crippen LogP contribution < -0.4 is 14.9 Å². The Morgan fingerprint density at radius 2 is 1.88 bits per heavy atom. The van der Waals surface area contributed by atoms with Gasteiger partial charge in [-0.15, -0.1) is 0 Å². The number of carbonyl (C=O) groups excluding carboxylic acids is 1. The minimum atomic E-state index is -1.00. The number of ether oxygens (including phenoxy) is 2. The molecular weight excluding hydrogens is 429 g/mol. The van der Waals surface area contributed by atoms with Gasteiger partial charge in [0.1, 0.15) is 12.4 Å². The SMILES string of the molecule is COc1cc(/C=N\NC(=O)c2ccc(C#N)cc2F)ccc1OCc1ccc(C(=O)O)cc1. The fourth-order valence-electron chi connectivity index (χ4n) is 2.78. The van der Waals surface area contributed by atoms with Crippen LogP contribution in [0.3, 0.4) is 0 Å². The van der Waals surface area contributed by atoms with Crippen LogP contribution in [0.1, 0.15) is 37.4 Å². The first-order valence-electron chi connectivity index (χ1n) is 9.57. The molecule has 0 heterocycles. The molecule has 0 saturated carbocycles. The van der Waals surface area contributed by atoms with Crippen molar-refractivity contribution >= 4 is 18.1 Å². The van der Waals surface area contributed by atoms with E-state index >= 15 is 0 Å². The molecular formula is C24H18FN3O5. The fourth-order valence-corrected chi connectivity index (χ4v) is 2.78. The van der Waals surface area contributed by atoms with Crippen molar-refractivity contribution in [2.45, 2.75) is 6.61 Å². The van der Waals surface area contributed by atoms with Gasteiger partial charge in [-0.25, -0.2) is 14.6 Å². The molecule has 0 atom stereocenters. The number of amides is 1. The van der Waals surface area contributed by atoms with Crippen LogP contribution in [0.25, 0.3) is 0 Å². The average Bonchev–Trinajstić information content (AvgIpc) is 2.83. The molecule has 166 valence electrons. The van der Waals surface area contributed by atoms with Crippen molar-refractivity contribution in [1.29, 1.82) is 5.26 Å². The lowest BCUT2D eigenvalue weighted by atomic mass is 10.1. The summed E-state index contributed by atoms with van der Waals surface area (Å²) in [6.45, 7) is 0.204. The molecule has 0 bridgehead atoms. The highest BCUT2D eigenvalue weighted by Gasteiger charge is 2.12. The van der Waals surface area contributed by atoms with Crippen LogP contribution in [0.5, 0.6) is 11.5 Å². The van der Waals surface area contributed by atoms with Crippen molar-refractivity contribution in [2.24, 2.45) is 5.10 Å². The number of methoxy groups -OCH3 is 1. The second-order valence-corrected chi connectivity index (χ2v) is 6.71. The maximum atomic E-state index is 13.9. The van der Waals surface area contributed by atoms with Crippen molar-refractivity contribution < 1.29 is 28.6 Å². The fraction of sp³-hybridized carbons (Fsp3) is 0.0833. The minimum absolute atomic E-state index is 0.110. The second kappa shape index (κ2) is 10.5. The van der Waals surface area contributed by atoms with Crippen LogP contribution >= 0.6 is 0 Å². The Labute approximate surface area is 188 Å². The van der Waals surface area contributed by atoms with Gasteiger partial charge in [0, 0.05) is 0 Å². The van der Waals surface area contributed by atoms with E-state index in [1.54, 1.807) is 36.4 Å². The summed E-state index contributed by atoms with van der Waals surface area (Å²) in [4.78, 5) is 23.0. The third kappa shape index (κ3) is 5.92. The molecule has 3 aromatic carbocycles. The zero-order valence-electron chi connectivity index (χ0n) is 17.4. The highest BCUT2D eigenvalue weighted by atomic mass is 19.1. The molecule has 0 saturated heterocycles. The molecule has 3 rings (SSSR count). The number of carboxylic acid groups (broad SMARTS) is 1. The van der Waals surface area contributed by atoms with E-state index in [9.17, 15) is 14.0 Å². The summed E-state index contributed by atoms with van der Waals surface area (Å²) in [5, 5.41) is 21.5. The highest BCUT2D eigenvalue weighted by molar-refractivity contribution is 5.95. The maximum Gasteiger partial charge on any atom is 0.335 e. The number of carboxylic acids is 1. The number of hydrogen-bond acceptors (Lipinski definition) is 6. The van der Waals surface area contributed by atoms with Gasteiger partial charge in [-0.05, 0) is 59.7 Å². The van der Waals surface area contributed by atoms with Crippen LogP contribution in [0, 0.1) is 17.1 Å². The van der Waals surface area contributed by atoms with Crippen molar-refractivity contribution in [1.82, 2.24) is 5.43 Å². The van der Waals surface area contributed by atoms with Gasteiger partial charge < -0.3 is 14.6 Å². The number of rotatable bonds is 8. The van der Waals surface area contributed by atoms with Gasteiger partial charge in [0.15, 0.2) is 11.5 Å². The first-order valence-corrected chi connectivity index (χ1v) is 9.57. The van der Waals surface area contributed by atoms with E-state index in [0.717, 1.165) is 11.6 Å². The summed E-state index contributed by atoms with van der Waals surface area (Å²) in [5.74, 6) is -1.69. The molecule has 0 radical (unpaired) electrons. The van der Waals surface area contributed by atoms with Gasteiger partial charge in [0.25, 0.3) is 5.91 Å². The molecule has 2 N–H and O–H groups in total. The van der Waals surface area contributed by atoms with Crippen molar-refractivity contribution in [3.63, 3.8) is 0 Å². The Morgan fingerprint density at radius 1 is 1.12 bits per heavy atom. The Hall–Kier alpha value is -4.71. The van der Waals surface area contributed by atoms with E-state index in [0.29, 0.717) is 17.1 Å². The zero-order valence-corrected chi connectivity index (χ0v) is 17.4. The summed E-state index contributed by atoms with van der Waals surface area (Å²) in [7, 11) is 1.47. The first kappa shape index (κ1) is 23.0. The van der Waals surface area contributed by atoms with Gasteiger partial charge in [0.2, 0.25) is 0 Å². The van der Waals surface area contributed by atoms with Crippen LogP contribution in [0.4, 0.5) is 4.39 Å². The smallest absolute Gasteiger partial charge is 0.335 e. The van der Waals surface area contributed by atoms with Gasteiger partial charge >= 0.3 is 5.97 Å². The number of nitrogens with one attached hydrogen (secondary N) is 1. The molecule has 9 heteroatoms. The normalized spacial score (nSPS) is 10.5. The van der Waals surface area contributed by atoms with Gasteiger partial charge in [0.05, 0.1) is 36.1 Å². The third-order valence-corrected chi connectivity index (χ3v) is 4.51. The van der Waals surface area contributed by atoms with E-state index < -0.39 is 17.7 Å². The maximum absolute atomic E-state index is 13.9. The molecule has 1 amide bonds. The summed E-state index contributed by atoms with van der Waals surface area (Å²) in [5.41, 5.74) is 3.67. The van der Waals surface area contributed by atoms with E-state index in [1.807, 2.05) is 0 Å². The average molecular weight is 447 g/mol. The predicted molar refractivity (Wildman–Crippen MR) is 117 cm³/mol. The summed E-state index contributed by atoms with van der Waals surface area (Å²) in [6.07, 6.45) is 1.36. The molecule has 0 fully saturated rings. The quantitative estimate of drug-likeness (QED) is 0.401. The number of nitriles is 1. The van der Waals surface area contributed by atoms with E-state index in [2.05, 4.69) is 10.5 Å². The summed E-state index contributed by atoms with van der Waals surface area (Å²) in [6, 6.07) is 16.6. The topological polar surface area (TPSA) is 121 Å². The Bertz CT molecular complexity index is 1250. The van der Waals surface area contributed by atoms with Crippen molar-refractivity contribution in [2.75, 3.05) is 7.11 Å². The zero-order chi connectivity index (χ0) is 23.8. The Kier molecular flexibility index (Phi) is 7.34.